The molecule has 2 aromatic rings. The van der Waals surface area contributed by atoms with E-state index < -0.39 is 11.8 Å². The zero-order chi connectivity index (χ0) is 16.5. The first-order valence-electron chi connectivity index (χ1n) is 7.86. The van der Waals surface area contributed by atoms with Crippen LogP contribution >= 0.6 is 0 Å². The summed E-state index contributed by atoms with van der Waals surface area (Å²) >= 11 is 0. The second-order valence-electron chi connectivity index (χ2n) is 5.33. The standard InChI is InChI=1S/C17H22N4O2/c1-2-7-14-12-15(21-20-14)19-17(23)16(22)18-11-6-10-13-8-4-3-5-9-13/h3-5,8-9,12H,2,6-7,10-11H2,1H3,(H,18,22)(H2,19,20,21,23). The number of hydrogen-bond acceptors (Lipinski definition) is 3. The molecule has 6 nitrogen and oxygen atoms in total. The van der Waals surface area contributed by atoms with Gasteiger partial charge in [0.15, 0.2) is 5.82 Å². The van der Waals surface area contributed by atoms with Crippen molar-refractivity contribution in [1.82, 2.24) is 15.5 Å². The highest BCUT2D eigenvalue weighted by Gasteiger charge is 2.14. The fraction of sp³-hybridized carbons (Fsp3) is 0.353. The predicted molar refractivity (Wildman–Crippen MR) is 89.0 cm³/mol. The van der Waals surface area contributed by atoms with Crippen LogP contribution in [0.15, 0.2) is 36.4 Å². The first-order valence-corrected chi connectivity index (χ1v) is 7.86. The van der Waals surface area contributed by atoms with Crippen LogP contribution in [0.4, 0.5) is 5.82 Å². The van der Waals surface area contributed by atoms with Gasteiger partial charge >= 0.3 is 11.8 Å². The Hall–Kier alpha value is -2.63. The van der Waals surface area contributed by atoms with Crippen LogP contribution < -0.4 is 10.6 Å². The average molecular weight is 314 g/mol. The number of hydrogen-bond donors (Lipinski definition) is 3. The van der Waals surface area contributed by atoms with Gasteiger partial charge in [-0.3, -0.25) is 14.7 Å². The summed E-state index contributed by atoms with van der Waals surface area (Å²) in [5.41, 5.74) is 2.15. The predicted octanol–water partition coefficient (Wildman–Crippen LogP) is 2.05. The van der Waals surface area contributed by atoms with Gasteiger partial charge in [-0.25, -0.2) is 0 Å². The minimum Gasteiger partial charge on any atom is -0.348 e. The molecule has 2 rings (SSSR count). The number of aromatic nitrogens is 2. The van der Waals surface area contributed by atoms with Gasteiger partial charge in [0, 0.05) is 18.3 Å². The van der Waals surface area contributed by atoms with Crippen molar-refractivity contribution in [2.45, 2.75) is 32.6 Å². The smallest absolute Gasteiger partial charge is 0.314 e. The topological polar surface area (TPSA) is 86.9 Å². The number of amides is 2. The summed E-state index contributed by atoms with van der Waals surface area (Å²) in [6.07, 6.45) is 3.49. The summed E-state index contributed by atoms with van der Waals surface area (Å²) in [6.45, 7) is 2.52. The lowest BCUT2D eigenvalue weighted by atomic mass is 10.1. The molecule has 0 saturated heterocycles. The van der Waals surface area contributed by atoms with Crippen LogP contribution in [-0.2, 0) is 22.4 Å². The summed E-state index contributed by atoms with van der Waals surface area (Å²) in [5.74, 6) is -0.963. The number of carbonyl (C=O) groups excluding carboxylic acids is 2. The summed E-state index contributed by atoms with van der Waals surface area (Å²) < 4.78 is 0. The molecule has 23 heavy (non-hydrogen) atoms. The molecule has 1 heterocycles. The lowest BCUT2D eigenvalue weighted by Crippen LogP contribution is -2.36. The van der Waals surface area contributed by atoms with Gasteiger partial charge in [-0.2, -0.15) is 5.10 Å². The second-order valence-corrected chi connectivity index (χ2v) is 5.33. The van der Waals surface area contributed by atoms with E-state index in [9.17, 15) is 9.59 Å². The number of H-pyrrole nitrogens is 1. The minimum atomic E-state index is -0.695. The number of nitrogens with zero attached hydrogens (tertiary/aromatic N) is 1. The van der Waals surface area contributed by atoms with Crippen LogP contribution in [0, 0.1) is 0 Å². The quantitative estimate of drug-likeness (QED) is 0.540. The molecule has 0 aliphatic rings. The molecule has 0 atom stereocenters. The van der Waals surface area contributed by atoms with Gasteiger partial charge in [0.2, 0.25) is 0 Å². The monoisotopic (exact) mass is 314 g/mol. The molecule has 2 amide bonds. The van der Waals surface area contributed by atoms with Crippen molar-refractivity contribution >= 4 is 17.6 Å². The molecule has 1 aromatic heterocycles. The third kappa shape index (κ3) is 5.58. The highest BCUT2D eigenvalue weighted by atomic mass is 16.2. The van der Waals surface area contributed by atoms with E-state index in [0.29, 0.717) is 12.4 Å². The number of aromatic amines is 1. The van der Waals surface area contributed by atoms with E-state index in [1.54, 1.807) is 6.07 Å². The molecule has 6 heteroatoms. The van der Waals surface area contributed by atoms with E-state index in [4.69, 9.17) is 0 Å². The average Bonchev–Trinajstić information content (AvgIpc) is 3.00. The molecule has 122 valence electrons. The van der Waals surface area contributed by atoms with Crippen molar-refractivity contribution in [3.63, 3.8) is 0 Å². The van der Waals surface area contributed by atoms with Crippen LogP contribution in [0.1, 0.15) is 31.0 Å². The third-order valence-corrected chi connectivity index (χ3v) is 3.37. The van der Waals surface area contributed by atoms with Gasteiger partial charge in [0.05, 0.1) is 0 Å². The molecule has 0 bridgehead atoms. The number of carbonyl (C=O) groups is 2. The van der Waals surface area contributed by atoms with E-state index in [1.807, 2.05) is 30.3 Å². The molecule has 0 saturated carbocycles. The molecular weight excluding hydrogens is 292 g/mol. The van der Waals surface area contributed by atoms with Crippen molar-refractivity contribution < 1.29 is 9.59 Å². The summed E-state index contributed by atoms with van der Waals surface area (Å²) in [4.78, 5) is 23.5. The molecule has 0 aliphatic heterocycles. The summed E-state index contributed by atoms with van der Waals surface area (Å²) in [6, 6.07) is 11.8. The van der Waals surface area contributed by atoms with Crippen LogP contribution in [-0.4, -0.2) is 28.6 Å². The molecule has 0 unspecified atom stereocenters. The highest BCUT2D eigenvalue weighted by molar-refractivity contribution is 6.39. The number of aryl methyl sites for hydroxylation is 2. The van der Waals surface area contributed by atoms with Gasteiger partial charge in [-0.1, -0.05) is 43.7 Å². The van der Waals surface area contributed by atoms with Crippen molar-refractivity contribution in [3.8, 4) is 0 Å². The van der Waals surface area contributed by atoms with Crippen LogP contribution in [0.3, 0.4) is 0 Å². The van der Waals surface area contributed by atoms with Crippen LogP contribution in [0.2, 0.25) is 0 Å². The van der Waals surface area contributed by atoms with Gasteiger partial charge in [-0.15, -0.1) is 0 Å². The van der Waals surface area contributed by atoms with E-state index >= 15 is 0 Å². The number of rotatable bonds is 7. The Kier molecular flexibility index (Phi) is 6.35. The maximum absolute atomic E-state index is 11.8. The first-order chi connectivity index (χ1) is 11.2. The zero-order valence-corrected chi connectivity index (χ0v) is 13.3. The van der Waals surface area contributed by atoms with Crippen molar-refractivity contribution in [3.05, 3.63) is 47.7 Å². The zero-order valence-electron chi connectivity index (χ0n) is 13.3. The Morgan fingerprint density at radius 1 is 1.13 bits per heavy atom. The normalized spacial score (nSPS) is 10.3. The van der Waals surface area contributed by atoms with Crippen LogP contribution in [0.5, 0.6) is 0 Å². The molecule has 0 fully saturated rings. The fourth-order valence-electron chi connectivity index (χ4n) is 2.22. The summed E-state index contributed by atoms with van der Waals surface area (Å²) in [5, 5.41) is 11.9. The summed E-state index contributed by atoms with van der Waals surface area (Å²) in [7, 11) is 0. The maximum Gasteiger partial charge on any atom is 0.314 e. The van der Waals surface area contributed by atoms with Gasteiger partial charge in [-0.05, 0) is 24.8 Å². The lowest BCUT2D eigenvalue weighted by Gasteiger charge is -2.05. The van der Waals surface area contributed by atoms with Gasteiger partial charge < -0.3 is 10.6 Å². The second kappa shape index (κ2) is 8.73. The van der Waals surface area contributed by atoms with Crippen LogP contribution in [0.25, 0.3) is 0 Å². The Labute approximate surface area is 135 Å². The number of nitrogens with one attached hydrogen (secondary N) is 3. The molecule has 1 aromatic carbocycles. The van der Waals surface area contributed by atoms with Crippen molar-refractivity contribution in [2.75, 3.05) is 11.9 Å². The Morgan fingerprint density at radius 2 is 1.91 bits per heavy atom. The molecule has 0 spiro atoms. The first kappa shape index (κ1) is 16.7. The maximum atomic E-state index is 11.8. The number of benzene rings is 1. The Balaban J connectivity index is 1.69. The molecule has 0 aliphatic carbocycles. The Bertz CT molecular complexity index is 637. The fourth-order valence-corrected chi connectivity index (χ4v) is 2.22. The van der Waals surface area contributed by atoms with E-state index in [1.165, 1.54) is 5.56 Å². The molecule has 3 N–H and O–H groups in total. The minimum absolute atomic E-state index is 0.373. The largest absolute Gasteiger partial charge is 0.348 e. The highest BCUT2D eigenvalue weighted by Crippen LogP contribution is 2.07. The Morgan fingerprint density at radius 3 is 2.65 bits per heavy atom. The van der Waals surface area contributed by atoms with Gasteiger partial charge in [0.1, 0.15) is 0 Å². The van der Waals surface area contributed by atoms with Gasteiger partial charge in [0.25, 0.3) is 0 Å². The van der Waals surface area contributed by atoms with Crippen molar-refractivity contribution in [1.29, 1.82) is 0 Å². The van der Waals surface area contributed by atoms with Crippen molar-refractivity contribution in [2.24, 2.45) is 0 Å². The lowest BCUT2D eigenvalue weighted by molar-refractivity contribution is -0.136. The van der Waals surface area contributed by atoms with E-state index in [-0.39, 0.29) is 0 Å². The SMILES string of the molecule is CCCc1cc(NC(=O)C(=O)NCCCc2ccccc2)n[nH]1. The number of anilines is 1. The van der Waals surface area contributed by atoms with E-state index in [2.05, 4.69) is 27.8 Å². The molecular formula is C17H22N4O2. The van der Waals surface area contributed by atoms with E-state index in [0.717, 1.165) is 31.4 Å². The molecule has 0 radical (unpaired) electrons. The third-order valence-electron chi connectivity index (χ3n) is 3.37.